The molecule has 2 amide bonds. The van der Waals surface area contributed by atoms with E-state index < -0.39 is 12.1 Å². The molecule has 5 fully saturated rings. The highest BCUT2D eigenvalue weighted by Crippen LogP contribution is 2.87. The lowest BCUT2D eigenvalue weighted by Crippen LogP contribution is -2.54. The van der Waals surface area contributed by atoms with Gasteiger partial charge in [0.1, 0.15) is 6.04 Å². The van der Waals surface area contributed by atoms with Crippen LogP contribution in [0.2, 0.25) is 0 Å². The number of nitrogens with one attached hydrogen (secondary N) is 1. The molecule has 3 aliphatic heterocycles. The molecule has 0 spiro atoms. The van der Waals surface area contributed by atoms with Gasteiger partial charge in [-0.3, -0.25) is 4.79 Å². The number of rotatable bonds is 4. The van der Waals surface area contributed by atoms with Crippen molar-refractivity contribution in [2.45, 2.75) is 37.9 Å². The van der Waals surface area contributed by atoms with Gasteiger partial charge in [-0.2, -0.15) is 0 Å². The van der Waals surface area contributed by atoms with Crippen molar-refractivity contribution < 1.29 is 19.1 Å². The van der Waals surface area contributed by atoms with Crippen molar-refractivity contribution in [1.82, 2.24) is 10.2 Å². The highest BCUT2D eigenvalue weighted by Gasteiger charge is 2.93. The molecule has 6 atom stereocenters. The lowest BCUT2D eigenvalue weighted by Gasteiger charge is -2.34. The normalized spacial score (nSPS) is 41.7. The van der Waals surface area contributed by atoms with Gasteiger partial charge in [0.15, 0.2) is 0 Å². The number of piperidine rings is 1. The summed E-state index contributed by atoms with van der Waals surface area (Å²) in [6.07, 6.45) is 2.91. The zero-order valence-corrected chi connectivity index (χ0v) is 13.7. The summed E-state index contributed by atoms with van der Waals surface area (Å²) in [6, 6.07) is -0.0785. The van der Waals surface area contributed by atoms with Gasteiger partial charge in [-0.1, -0.05) is 13.0 Å². The van der Waals surface area contributed by atoms with Crippen LogP contribution in [0.15, 0.2) is 12.7 Å². The second-order valence-corrected chi connectivity index (χ2v) is 7.40. The SMILES string of the molecule is C=C[C@@H]1C2[C@@H]3[C@H](N1C(=O)[C@@H](NC(=O)OC)C1CCOCC1)[C@]23C. The Hall–Kier alpha value is -1.56. The highest BCUT2D eigenvalue weighted by atomic mass is 16.5. The summed E-state index contributed by atoms with van der Waals surface area (Å²) >= 11 is 0. The standard InChI is InChI=1S/C17H24N2O4/c1-4-10-11-12-14(17(11,12)2)19(10)15(20)13(18-16(21)22-3)9-5-7-23-8-6-9/h4,9-14H,1,5-8H2,2-3H3,(H,18,21)/t10-,11?,12-,13+,14+,17-/m1/s1. The zero-order chi connectivity index (χ0) is 16.4. The molecule has 6 nitrogen and oxygen atoms in total. The smallest absolute Gasteiger partial charge is 0.407 e. The van der Waals surface area contributed by atoms with E-state index in [4.69, 9.17) is 9.47 Å². The number of carbonyl (C=O) groups excluding carboxylic acids is 2. The number of fused-ring (bicyclic) bond motifs is 1. The average Bonchev–Trinajstić information content (AvgIpc) is 3.25. The van der Waals surface area contributed by atoms with Crippen LogP contribution in [-0.4, -0.2) is 55.3 Å². The maximum absolute atomic E-state index is 13.2. The summed E-state index contributed by atoms with van der Waals surface area (Å²) in [5, 5.41) is 2.78. The number of ether oxygens (including phenoxy) is 2. The van der Waals surface area contributed by atoms with Gasteiger partial charge in [-0.05, 0) is 36.0 Å². The first-order valence-electron chi connectivity index (χ1n) is 8.42. The molecule has 1 unspecified atom stereocenters. The van der Waals surface area contributed by atoms with Gasteiger partial charge in [0.25, 0.3) is 0 Å². The van der Waals surface area contributed by atoms with Gasteiger partial charge in [0.05, 0.1) is 13.2 Å². The minimum Gasteiger partial charge on any atom is -0.453 e. The van der Waals surface area contributed by atoms with Crippen molar-refractivity contribution in [2.24, 2.45) is 23.2 Å². The van der Waals surface area contributed by atoms with E-state index in [2.05, 4.69) is 18.8 Å². The molecule has 6 heteroatoms. The lowest BCUT2D eigenvalue weighted by atomic mass is 9.90. The summed E-state index contributed by atoms with van der Waals surface area (Å²) in [7, 11) is 1.32. The van der Waals surface area contributed by atoms with E-state index in [1.807, 2.05) is 11.0 Å². The molecular formula is C17H24N2O4. The Balaban J connectivity index is 1.54. The third-order valence-corrected chi connectivity index (χ3v) is 6.53. The van der Waals surface area contributed by atoms with Crippen LogP contribution in [-0.2, 0) is 14.3 Å². The fourth-order valence-electron chi connectivity index (χ4n) is 5.15. The average molecular weight is 320 g/mol. The van der Waals surface area contributed by atoms with Gasteiger partial charge in [-0.15, -0.1) is 6.58 Å². The van der Waals surface area contributed by atoms with E-state index in [1.54, 1.807) is 0 Å². The number of alkyl carbamates (subject to hydrolysis) is 1. The van der Waals surface area contributed by atoms with E-state index in [0.29, 0.717) is 36.5 Å². The second kappa shape index (κ2) is 4.97. The number of hydrogen-bond acceptors (Lipinski definition) is 4. The van der Waals surface area contributed by atoms with Crippen LogP contribution < -0.4 is 5.32 Å². The number of methoxy groups -OCH3 is 1. The van der Waals surface area contributed by atoms with Gasteiger partial charge in [-0.25, -0.2) is 4.79 Å². The van der Waals surface area contributed by atoms with E-state index in [0.717, 1.165) is 12.8 Å². The Morgan fingerprint density at radius 1 is 1.39 bits per heavy atom. The second-order valence-electron chi connectivity index (χ2n) is 7.40. The third kappa shape index (κ3) is 1.90. The van der Waals surface area contributed by atoms with Gasteiger partial charge in [0.2, 0.25) is 5.91 Å². The highest BCUT2D eigenvalue weighted by molar-refractivity contribution is 5.88. The summed E-state index contributed by atoms with van der Waals surface area (Å²) in [5.74, 6) is 1.33. The third-order valence-electron chi connectivity index (χ3n) is 6.53. The predicted octanol–water partition coefficient (Wildman–Crippen LogP) is 1.17. The number of carbonyl (C=O) groups is 2. The molecule has 5 rings (SSSR count). The largest absolute Gasteiger partial charge is 0.453 e. The Morgan fingerprint density at radius 3 is 2.61 bits per heavy atom. The molecule has 0 aromatic heterocycles. The first kappa shape index (κ1) is 15.0. The predicted molar refractivity (Wildman–Crippen MR) is 82.6 cm³/mol. The van der Waals surface area contributed by atoms with Crippen LogP contribution in [0, 0.1) is 23.2 Å². The fourth-order valence-corrected chi connectivity index (χ4v) is 5.15. The summed E-state index contributed by atoms with van der Waals surface area (Å²) in [6.45, 7) is 7.44. The first-order valence-corrected chi connectivity index (χ1v) is 8.42. The van der Waals surface area contributed by atoms with Crippen molar-refractivity contribution in [3.63, 3.8) is 0 Å². The molecule has 2 aliphatic carbocycles. The molecule has 0 aromatic rings. The van der Waals surface area contributed by atoms with Crippen molar-refractivity contribution in [3.8, 4) is 0 Å². The first-order chi connectivity index (χ1) is 11.1. The number of nitrogens with zero attached hydrogens (tertiary/aromatic N) is 1. The van der Waals surface area contributed by atoms with Crippen LogP contribution in [0.3, 0.4) is 0 Å². The summed E-state index contributed by atoms with van der Waals surface area (Å²) < 4.78 is 10.1. The lowest BCUT2D eigenvalue weighted by molar-refractivity contribution is -0.136. The molecule has 0 radical (unpaired) electrons. The minimum atomic E-state index is -0.546. The van der Waals surface area contributed by atoms with E-state index in [-0.39, 0.29) is 17.9 Å². The van der Waals surface area contributed by atoms with E-state index in [9.17, 15) is 9.59 Å². The van der Waals surface area contributed by atoms with Crippen LogP contribution in [0.5, 0.6) is 0 Å². The van der Waals surface area contributed by atoms with E-state index in [1.165, 1.54) is 7.11 Å². The van der Waals surface area contributed by atoms with Crippen molar-refractivity contribution in [3.05, 3.63) is 12.7 Å². The Bertz CT molecular complexity index is 559. The van der Waals surface area contributed by atoms with Gasteiger partial charge in [0, 0.05) is 19.3 Å². The van der Waals surface area contributed by atoms with Crippen LogP contribution >= 0.6 is 0 Å². The molecule has 3 heterocycles. The Kier molecular flexibility index (Phi) is 3.24. The molecule has 23 heavy (non-hydrogen) atoms. The molecule has 1 N–H and O–H groups in total. The quantitative estimate of drug-likeness (QED) is 0.790. The number of hydrogen-bond donors (Lipinski definition) is 1. The van der Waals surface area contributed by atoms with Gasteiger partial charge < -0.3 is 19.7 Å². The minimum absolute atomic E-state index is 0.0194. The van der Waals surface area contributed by atoms with Crippen molar-refractivity contribution in [2.75, 3.05) is 20.3 Å². The van der Waals surface area contributed by atoms with Crippen LogP contribution in [0.25, 0.3) is 0 Å². The molecule has 5 aliphatic rings. The van der Waals surface area contributed by atoms with Crippen molar-refractivity contribution in [1.29, 1.82) is 0 Å². The van der Waals surface area contributed by atoms with Gasteiger partial charge >= 0.3 is 6.09 Å². The maximum Gasteiger partial charge on any atom is 0.407 e. The van der Waals surface area contributed by atoms with Crippen LogP contribution in [0.4, 0.5) is 4.79 Å². The molecule has 2 saturated carbocycles. The Labute approximate surface area is 136 Å². The maximum atomic E-state index is 13.2. The van der Waals surface area contributed by atoms with E-state index >= 15 is 0 Å². The molecule has 126 valence electrons. The summed E-state index contributed by atoms with van der Waals surface area (Å²) in [5.41, 5.74) is 0.306. The fraction of sp³-hybridized carbons (Fsp3) is 0.765. The zero-order valence-electron chi connectivity index (χ0n) is 13.7. The molecule has 3 saturated heterocycles. The molecular weight excluding hydrogens is 296 g/mol. The number of amides is 2. The molecule has 2 bridgehead atoms. The topological polar surface area (TPSA) is 67.9 Å². The van der Waals surface area contributed by atoms with Crippen molar-refractivity contribution >= 4 is 12.0 Å². The van der Waals surface area contributed by atoms with Crippen LogP contribution in [0.1, 0.15) is 19.8 Å². The monoisotopic (exact) mass is 320 g/mol. The Morgan fingerprint density at radius 2 is 2.04 bits per heavy atom. The molecule has 0 aromatic carbocycles. The summed E-state index contributed by atoms with van der Waals surface area (Å²) in [4.78, 5) is 26.9.